The van der Waals surface area contributed by atoms with Crippen LogP contribution in [0.4, 0.5) is 11.4 Å². The number of nitrogen functional groups attached to an aromatic ring is 2. The number of rotatable bonds is 6. The van der Waals surface area contributed by atoms with Crippen molar-refractivity contribution in [2.75, 3.05) is 25.2 Å². The molecule has 0 amide bonds. The molecule has 1 fully saturated rings. The Labute approximate surface area is 123 Å². The van der Waals surface area contributed by atoms with Crippen LogP contribution >= 0.6 is 0 Å². The maximum absolute atomic E-state index is 5.85. The Balaban J connectivity index is 1.84. The van der Waals surface area contributed by atoms with Crippen molar-refractivity contribution >= 4 is 11.4 Å². The third-order valence-electron chi connectivity index (χ3n) is 4.05. The van der Waals surface area contributed by atoms with Crippen LogP contribution in [0.25, 0.3) is 11.4 Å². The van der Waals surface area contributed by atoms with Crippen LogP contribution in [0.5, 0.6) is 0 Å². The third kappa shape index (κ3) is 2.97. The molecule has 0 spiro atoms. The largest absolute Gasteiger partial charge is 0.399 e. The van der Waals surface area contributed by atoms with E-state index in [1.807, 2.05) is 16.8 Å². The number of ether oxygens (including phenoxy) is 1. The number of nitrogens with two attached hydrogens (primary N) is 2. The number of tetrazole rings is 1. The van der Waals surface area contributed by atoms with E-state index in [4.69, 9.17) is 16.2 Å². The number of aromatic nitrogens is 4. The average Bonchev–Trinajstić information content (AvgIpc) is 3.03. The fourth-order valence-corrected chi connectivity index (χ4v) is 2.62. The van der Waals surface area contributed by atoms with Gasteiger partial charge >= 0.3 is 0 Å². The molecule has 1 aliphatic carbocycles. The van der Waals surface area contributed by atoms with Crippen molar-refractivity contribution in [3.8, 4) is 11.4 Å². The zero-order chi connectivity index (χ0) is 14.9. The lowest BCUT2D eigenvalue weighted by atomic mass is 10.0. The van der Waals surface area contributed by atoms with E-state index in [9.17, 15) is 0 Å². The molecule has 0 bridgehead atoms. The van der Waals surface area contributed by atoms with Crippen molar-refractivity contribution in [3.05, 3.63) is 18.2 Å². The van der Waals surface area contributed by atoms with Gasteiger partial charge in [0.05, 0.1) is 6.54 Å². The topological polar surface area (TPSA) is 105 Å². The molecule has 1 aliphatic rings. The Kier molecular flexibility index (Phi) is 3.50. The van der Waals surface area contributed by atoms with E-state index >= 15 is 0 Å². The minimum atomic E-state index is 0.270. The second kappa shape index (κ2) is 5.33. The van der Waals surface area contributed by atoms with Gasteiger partial charge in [-0.3, -0.25) is 0 Å². The highest BCUT2D eigenvalue weighted by molar-refractivity contribution is 5.67. The molecule has 3 rings (SSSR count). The van der Waals surface area contributed by atoms with E-state index in [0.717, 1.165) is 25.1 Å². The minimum absolute atomic E-state index is 0.270. The molecular formula is C14H20N6O. The predicted molar refractivity (Wildman–Crippen MR) is 80.2 cm³/mol. The first kappa shape index (κ1) is 13.8. The van der Waals surface area contributed by atoms with Crippen molar-refractivity contribution < 1.29 is 4.74 Å². The number of methoxy groups -OCH3 is 1. The molecule has 7 heteroatoms. The SMILES string of the molecule is COCCC1(Cn2nnnc2-c2cc(N)cc(N)c2)CC1. The highest BCUT2D eigenvalue weighted by Crippen LogP contribution is 2.50. The summed E-state index contributed by atoms with van der Waals surface area (Å²) < 4.78 is 7.03. The molecule has 112 valence electrons. The van der Waals surface area contributed by atoms with E-state index in [1.165, 1.54) is 12.8 Å². The van der Waals surface area contributed by atoms with Crippen molar-refractivity contribution in [3.63, 3.8) is 0 Å². The van der Waals surface area contributed by atoms with Crippen LogP contribution in [0.15, 0.2) is 18.2 Å². The quantitative estimate of drug-likeness (QED) is 0.777. The summed E-state index contributed by atoms with van der Waals surface area (Å²) in [6.45, 7) is 1.57. The van der Waals surface area contributed by atoms with Crippen LogP contribution in [0.3, 0.4) is 0 Å². The summed E-state index contributed by atoms with van der Waals surface area (Å²) in [6.07, 6.45) is 3.41. The van der Waals surface area contributed by atoms with Crippen molar-refractivity contribution in [2.24, 2.45) is 5.41 Å². The second-order valence-electron chi connectivity index (χ2n) is 5.79. The first-order valence-corrected chi connectivity index (χ1v) is 7.03. The van der Waals surface area contributed by atoms with E-state index < -0.39 is 0 Å². The van der Waals surface area contributed by atoms with Gasteiger partial charge in [0.1, 0.15) is 0 Å². The third-order valence-corrected chi connectivity index (χ3v) is 4.05. The molecule has 0 atom stereocenters. The van der Waals surface area contributed by atoms with Crippen molar-refractivity contribution in [1.82, 2.24) is 20.2 Å². The fraction of sp³-hybridized carbons (Fsp3) is 0.500. The zero-order valence-electron chi connectivity index (χ0n) is 12.1. The Bertz CT molecular complexity index is 614. The number of benzene rings is 1. The van der Waals surface area contributed by atoms with Gasteiger partial charge in [0.25, 0.3) is 0 Å². The molecular weight excluding hydrogens is 268 g/mol. The molecule has 0 aliphatic heterocycles. The molecule has 21 heavy (non-hydrogen) atoms. The van der Waals surface area contributed by atoms with Gasteiger partial charge < -0.3 is 16.2 Å². The molecule has 4 N–H and O–H groups in total. The van der Waals surface area contributed by atoms with Gasteiger partial charge in [-0.15, -0.1) is 5.10 Å². The molecule has 1 heterocycles. The Morgan fingerprint density at radius 2 is 1.95 bits per heavy atom. The first-order valence-electron chi connectivity index (χ1n) is 7.03. The minimum Gasteiger partial charge on any atom is -0.399 e. The molecule has 0 saturated heterocycles. The molecule has 2 aromatic rings. The van der Waals surface area contributed by atoms with E-state index in [0.29, 0.717) is 17.2 Å². The van der Waals surface area contributed by atoms with Gasteiger partial charge in [-0.25, -0.2) is 4.68 Å². The average molecular weight is 288 g/mol. The fourth-order valence-electron chi connectivity index (χ4n) is 2.62. The van der Waals surface area contributed by atoms with E-state index in [-0.39, 0.29) is 5.41 Å². The monoisotopic (exact) mass is 288 g/mol. The Morgan fingerprint density at radius 3 is 2.57 bits per heavy atom. The highest BCUT2D eigenvalue weighted by atomic mass is 16.5. The van der Waals surface area contributed by atoms with Gasteiger partial charge in [-0.05, 0) is 53.3 Å². The number of nitrogens with zero attached hydrogens (tertiary/aromatic N) is 4. The highest BCUT2D eigenvalue weighted by Gasteiger charge is 2.43. The summed E-state index contributed by atoms with van der Waals surface area (Å²) in [5.41, 5.74) is 14.0. The van der Waals surface area contributed by atoms with E-state index in [2.05, 4.69) is 15.5 Å². The molecule has 1 saturated carbocycles. The summed E-state index contributed by atoms with van der Waals surface area (Å²) in [5, 5.41) is 12.0. The second-order valence-corrected chi connectivity index (χ2v) is 5.79. The van der Waals surface area contributed by atoms with Crippen LogP contribution in [-0.2, 0) is 11.3 Å². The standard InChI is InChI=1S/C14H20N6O/c1-21-5-4-14(2-3-14)9-20-13(17-18-19-20)10-6-11(15)8-12(16)7-10/h6-8H,2-5,9,15-16H2,1H3. The maximum Gasteiger partial charge on any atom is 0.182 e. The van der Waals surface area contributed by atoms with Gasteiger partial charge in [0, 0.05) is 30.7 Å². The summed E-state index contributed by atoms with van der Waals surface area (Å²) in [7, 11) is 1.73. The van der Waals surface area contributed by atoms with Crippen LogP contribution in [0.2, 0.25) is 0 Å². The van der Waals surface area contributed by atoms with Crippen LogP contribution in [0, 0.1) is 5.41 Å². The summed E-state index contributed by atoms with van der Waals surface area (Å²) in [4.78, 5) is 0. The predicted octanol–water partition coefficient (Wildman–Crippen LogP) is 1.32. The van der Waals surface area contributed by atoms with Gasteiger partial charge in [0.2, 0.25) is 0 Å². The number of anilines is 2. The molecule has 0 unspecified atom stereocenters. The smallest absolute Gasteiger partial charge is 0.182 e. The van der Waals surface area contributed by atoms with E-state index in [1.54, 1.807) is 13.2 Å². The van der Waals surface area contributed by atoms with Crippen LogP contribution in [-0.4, -0.2) is 33.9 Å². The molecule has 0 radical (unpaired) electrons. The first-order chi connectivity index (χ1) is 10.1. The molecule has 7 nitrogen and oxygen atoms in total. The molecule has 1 aromatic carbocycles. The zero-order valence-corrected chi connectivity index (χ0v) is 12.1. The normalized spacial score (nSPS) is 16.0. The van der Waals surface area contributed by atoms with Gasteiger partial charge in [0.15, 0.2) is 5.82 Å². The van der Waals surface area contributed by atoms with Crippen molar-refractivity contribution in [1.29, 1.82) is 0 Å². The van der Waals surface area contributed by atoms with Crippen LogP contribution < -0.4 is 11.5 Å². The van der Waals surface area contributed by atoms with Gasteiger partial charge in [-0.1, -0.05) is 0 Å². The number of hydrogen-bond acceptors (Lipinski definition) is 6. The summed E-state index contributed by atoms with van der Waals surface area (Å²) in [5.74, 6) is 0.706. The Hall–Kier alpha value is -2.15. The van der Waals surface area contributed by atoms with Crippen LogP contribution in [0.1, 0.15) is 19.3 Å². The lowest BCUT2D eigenvalue weighted by Crippen LogP contribution is -2.16. The summed E-state index contributed by atoms with van der Waals surface area (Å²) >= 11 is 0. The Morgan fingerprint density at radius 1 is 1.24 bits per heavy atom. The molecule has 1 aromatic heterocycles. The van der Waals surface area contributed by atoms with Crippen molar-refractivity contribution in [2.45, 2.75) is 25.8 Å². The summed E-state index contributed by atoms with van der Waals surface area (Å²) in [6, 6.07) is 5.40. The lowest BCUT2D eigenvalue weighted by Gasteiger charge is -2.15. The number of hydrogen-bond donors (Lipinski definition) is 2. The maximum atomic E-state index is 5.85. The lowest BCUT2D eigenvalue weighted by molar-refractivity contribution is 0.165. The van der Waals surface area contributed by atoms with Gasteiger partial charge in [-0.2, -0.15) is 0 Å².